The molecular formula is C10H19N3O4. The number of aliphatic hydroxyl groups excluding tert-OH is 1. The Morgan fingerprint density at radius 3 is 2.88 bits per heavy atom. The van der Waals surface area contributed by atoms with Crippen molar-refractivity contribution in [1.82, 2.24) is 15.5 Å². The van der Waals surface area contributed by atoms with E-state index in [0.717, 1.165) is 0 Å². The zero-order chi connectivity index (χ0) is 12.7. The molecular weight excluding hydrogens is 226 g/mol. The van der Waals surface area contributed by atoms with Gasteiger partial charge in [-0.05, 0) is 6.42 Å². The summed E-state index contributed by atoms with van der Waals surface area (Å²) in [4.78, 5) is 24.4. The molecule has 1 heterocycles. The molecule has 0 aliphatic carbocycles. The highest BCUT2D eigenvalue weighted by molar-refractivity contribution is 5.95. The predicted molar refractivity (Wildman–Crippen MR) is 60.5 cm³/mol. The lowest BCUT2D eigenvalue weighted by atomic mass is 10.3. The van der Waals surface area contributed by atoms with Crippen LogP contribution >= 0.6 is 0 Å². The number of imide groups is 1. The van der Waals surface area contributed by atoms with E-state index in [2.05, 4.69) is 10.6 Å². The number of rotatable bonds is 5. The summed E-state index contributed by atoms with van der Waals surface area (Å²) in [6.45, 7) is 2.06. The molecule has 1 aliphatic heterocycles. The number of carbonyl (C=O) groups is 2. The molecule has 1 aliphatic rings. The van der Waals surface area contributed by atoms with Crippen molar-refractivity contribution < 1.29 is 19.4 Å². The Kier molecular flexibility index (Phi) is 5.88. The third kappa shape index (κ3) is 5.62. The standard InChI is InChI=1S/C10H19N3O4/c1-17-5-3-11-10(16)12-9(15)7-13-4-2-8(14)6-13/h8,14H,2-7H2,1H3,(H2,11,12,15,16)/t8-/m1/s1. The summed E-state index contributed by atoms with van der Waals surface area (Å²) < 4.78 is 4.75. The first-order valence-electron chi connectivity index (χ1n) is 5.59. The van der Waals surface area contributed by atoms with Crippen LogP contribution < -0.4 is 10.6 Å². The van der Waals surface area contributed by atoms with Crippen molar-refractivity contribution >= 4 is 11.9 Å². The van der Waals surface area contributed by atoms with E-state index in [1.54, 1.807) is 0 Å². The minimum absolute atomic E-state index is 0.134. The quantitative estimate of drug-likeness (QED) is 0.514. The maximum atomic E-state index is 11.4. The zero-order valence-corrected chi connectivity index (χ0v) is 9.94. The molecule has 98 valence electrons. The molecule has 1 fully saturated rings. The van der Waals surface area contributed by atoms with E-state index in [4.69, 9.17) is 4.74 Å². The highest BCUT2D eigenvalue weighted by atomic mass is 16.5. The normalized spacial score (nSPS) is 20.2. The van der Waals surface area contributed by atoms with Crippen molar-refractivity contribution in [2.24, 2.45) is 0 Å². The number of hydrogen-bond donors (Lipinski definition) is 3. The number of amides is 3. The second kappa shape index (κ2) is 7.21. The Bertz CT molecular complexity index is 272. The van der Waals surface area contributed by atoms with Crippen molar-refractivity contribution in [1.29, 1.82) is 0 Å². The van der Waals surface area contributed by atoms with Gasteiger partial charge >= 0.3 is 6.03 Å². The van der Waals surface area contributed by atoms with Gasteiger partial charge in [0.2, 0.25) is 5.91 Å². The maximum Gasteiger partial charge on any atom is 0.321 e. The minimum Gasteiger partial charge on any atom is -0.392 e. The summed E-state index contributed by atoms with van der Waals surface area (Å²) in [5, 5.41) is 14.0. The highest BCUT2D eigenvalue weighted by Gasteiger charge is 2.22. The number of hydrogen-bond acceptors (Lipinski definition) is 5. The van der Waals surface area contributed by atoms with Crippen LogP contribution in [-0.4, -0.2) is 67.9 Å². The monoisotopic (exact) mass is 245 g/mol. The first-order chi connectivity index (χ1) is 8.11. The molecule has 0 unspecified atom stereocenters. The van der Waals surface area contributed by atoms with Crippen LogP contribution in [0.4, 0.5) is 4.79 Å². The third-order valence-corrected chi connectivity index (χ3v) is 2.46. The fraction of sp³-hybridized carbons (Fsp3) is 0.800. The average Bonchev–Trinajstić information content (AvgIpc) is 2.64. The molecule has 0 aromatic rings. The lowest BCUT2D eigenvalue weighted by Gasteiger charge is -2.14. The average molecular weight is 245 g/mol. The molecule has 7 heteroatoms. The summed E-state index contributed by atoms with van der Waals surface area (Å²) in [6.07, 6.45) is 0.311. The van der Waals surface area contributed by atoms with Gasteiger partial charge in [-0.3, -0.25) is 15.0 Å². The number of carbonyl (C=O) groups excluding carboxylic acids is 2. The van der Waals surface area contributed by atoms with Crippen molar-refractivity contribution in [2.45, 2.75) is 12.5 Å². The lowest BCUT2D eigenvalue weighted by Crippen LogP contribution is -2.44. The largest absolute Gasteiger partial charge is 0.392 e. The van der Waals surface area contributed by atoms with Crippen molar-refractivity contribution in [2.75, 3.05) is 39.9 Å². The smallest absolute Gasteiger partial charge is 0.321 e. The number of likely N-dealkylation sites (tertiary alicyclic amines) is 1. The Balaban J connectivity index is 2.13. The van der Waals surface area contributed by atoms with Crippen LogP contribution in [0.2, 0.25) is 0 Å². The summed E-state index contributed by atoms with van der Waals surface area (Å²) in [5.41, 5.74) is 0. The first-order valence-corrected chi connectivity index (χ1v) is 5.59. The highest BCUT2D eigenvalue weighted by Crippen LogP contribution is 2.07. The van der Waals surface area contributed by atoms with Crippen molar-refractivity contribution in [3.05, 3.63) is 0 Å². The molecule has 1 atom stereocenters. The molecule has 0 spiro atoms. The predicted octanol–water partition coefficient (Wildman–Crippen LogP) is -1.47. The van der Waals surface area contributed by atoms with Gasteiger partial charge in [0.25, 0.3) is 0 Å². The van der Waals surface area contributed by atoms with Crippen molar-refractivity contribution in [3.8, 4) is 0 Å². The molecule has 0 aromatic heterocycles. The van der Waals surface area contributed by atoms with Gasteiger partial charge in [-0.2, -0.15) is 0 Å². The van der Waals surface area contributed by atoms with Crippen LogP contribution in [0, 0.1) is 0 Å². The summed E-state index contributed by atoms with van der Waals surface area (Å²) in [6, 6.07) is -0.521. The van der Waals surface area contributed by atoms with Crippen LogP contribution in [0.1, 0.15) is 6.42 Å². The zero-order valence-electron chi connectivity index (χ0n) is 9.94. The SMILES string of the molecule is COCCNC(=O)NC(=O)CN1CC[C@@H](O)C1. The number of aliphatic hydroxyl groups is 1. The van der Waals surface area contributed by atoms with Crippen molar-refractivity contribution in [3.63, 3.8) is 0 Å². The van der Waals surface area contributed by atoms with Crippen LogP contribution in [0.5, 0.6) is 0 Å². The number of β-amino-alcohol motifs (C(OH)–C–C–N with tert-alkyl or cyclic N) is 1. The molecule has 3 amide bonds. The molecule has 0 bridgehead atoms. The Morgan fingerprint density at radius 2 is 2.29 bits per heavy atom. The Labute approximate surface area is 100 Å². The number of nitrogens with zero attached hydrogens (tertiary/aromatic N) is 1. The van der Waals surface area contributed by atoms with Gasteiger partial charge in [-0.25, -0.2) is 4.79 Å². The number of nitrogens with one attached hydrogen (secondary N) is 2. The Hall–Kier alpha value is -1.18. The second-order valence-corrected chi connectivity index (χ2v) is 3.97. The number of urea groups is 1. The third-order valence-electron chi connectivity index (χ3n) is 2.46. The van der Waals surface area contributed by atoms with E-state index < -0.39 is 6.03 Å². The topological polar surface area (TPSA) is 90.9 Å². The van der Waals surface area contributed by atoms with Crippen LogP contribution in [0.25, 0.3) is 0 Å². The summed E-state index contributed by atoms with van der Waals surface area (Å²) in [5.74, 6) is -0.367. The maximum absolute atomic E-state index is 11.4. The van der Waals surface area contributed by atoms with Gasteiger partial charge in [0.15, 0.2) is 0 Å². The number of methoxy groups -OCH3 is 1. The fourth-order valence-electron chi connectivity index (χ4n) is 1.64. The van der Waals surface area contributed by atoms with Gasteiger partial charge in [-0.15, -0.1) is 0 Å². The van der Waals surface area contributed by atoms with Gasteiger partial charge in [0.1, 0.15) is 0 Å². The molecule has 1 rings (SSSR count). The summed E-state index contributed by atoms with van der Waals surface area (Å²) >= 11 is 0. The van der Waals surface area contributed by atoms with Gasteiger partial charge in [0.05, 0.1) is 19.3 Å². The molecule has 0 saturated carbocycles. The van der Waals surface area contributed by atoms with Crippen LogP contribution in [0.15, 0.2) is 0 Å². The molecule has 0 radical (unpaired) electrons. The van der Waals surface area contributed by atoms with Crippen LogP contribution in [-0.2, 0) is 9.53 Å². The summed E-state index contributed by atoms with van der Waals surface area (Å²) in [7, 11) is 1.53. The van der Waals surface area contributed by atoms with E-state index >= 15 is 0 Å². The fourth-order valence-corrected chi connectivity index (χ4v) is 1.64. The molecule has 7 nitrogen and oxygen atoms in total. The molecule has 0 aromatic carbocycles. The van der Waals surface area contributed by atoms with Gasteiger partial charge < -0.3 is 15.2 Å². The molecule has 1 saturated heterocycles. The van der Waals surface area contributed by atoms with Gasteiger partial charge in [0, 0.05) is 26.7 Å². The molecule has 3 N–H and O–H groups in total. The number of ether oxygens (including phenoxy) is 1. The van der Waals surface area contributed by atoms with E-state index in [-0.39, 0.29) is 18.6 Å². The Morgan fingerprint density at radius 1 is 1.53 bits per heavy atom. The molecule has 17 heavy (non-hydrogen) atoms. The van der Waals surface area contributed by atoms with E-state index in [1.807, 2.05) is 4.90 Å². The lowest BCUT2D eigenvalue weighted by molar-refractivity contribution is -0.121. The van der Waals surface area contributed by atoms with E-state index in [0.29, 0.717) is 32.7 Å². The van der Waals surface area contributed by atoms with Gasteiger partial charge in [-0.1, -0.05) is 0 Å². The van der Waals surface area contributed by atoms with E-state index in [9.17, 15) is 14.7 Å². The second-order valence-electron chi connectivity index (χ2n) is 3.97. The first kappa shape index (κ1) is 13.9. The van der Waals surface area contributed by atoms with E-state index in [1.165, 1.54) is 7.11 Å². The van der Waals surface area contributed by atoms with Crippen LogP contribution in [0.3, 0.4) is 0 Å². The minimum atomic E-state index is -0.521.